The molecule has 4 aromatic rings. The fourth-order valence-electron chi connectivity index (χ4n) is 3.33. The van der Waals surface area contributed by atoms with Crippen molar-refractivity contribution >= 4 is 39.0 Å². The first kappa shape index (κ1) is 22.2. The third kappa shape index (κ3) is 4.61. The molecule has 0 saturated heterocycles. The highest BCUT2D eigenvalue weighted by atomic mass is 32.1. The third-order valence-electron chi connectivity index (χ3n) is 4.92. The Bertz CT molecular complexity index is 1330. The van der Waals surface area contributed by atoms with Gasteiger partial charge in [0.1, 0.15) is 11.5 Å². The van der Waals surface area contributed by atoms with E-state index in [1.54, 1.807) is 51.7 Å². The lowest BCUT2D eigenvalue weighted by Crippen LogP contribution is -2.23. The minimum atomic E-state index is -1.30. The first-order valence-corrected chi connectivity index (χ1v) is 10.7. The lowest BCUT2D eigenvalue weighted by atomic mass is 10.1. The second-order valence-corrected chi connectivity index (χ2v) is 7.94. The number of ether oxygens (including phenoxy) is 4. The molecule has 0 fully saturated rings. The number of methoxy groups -OCH3 is 3. The van der Waals surface area contributed by atoms with E-state index in [-0.39, 0.29) is 5.57 Å². The second kappa shape index (κ2) is 9.62. The van der Waals surface area contributed by atoms with Crippen LogP contribution in [0.2, 0.25) is 0 Å². The summed E-state index contributed by atoms with van der Waals surface area (Å²) in [5.41, 5.74) is 0.489. The summed E-state index contributed by atoms with van der Waals surface area (Å²) in [6.45, 7) is 0. The van der Waals surface area contributed by atoms with Gasteiger partial charge in [0.25, 0.3) is 0 Å². The average Bonchev–Trinajstić information content (AvgIpc) is 3.17. The van der Waals surface area contributed by atoms with E-state index in [0.717, 1.165) is 10.1 Å². The molecule has 2 heterocycles. The summed E-state index contributed by atoms with van der Waals surface area (Å²) < 4.78 is 23.3. The van der Waals surface area contributed by atoms with E-state index in [4.69, 9.17) is 18.9 Å². The molecule has 0 N–H and O–H groups in total. The summed E-state index contributed by atoms with van der Waals surface area (Å²) >= 11 is 1.37. The SMILES string of the molecule is COc1cccc(Oc2c(/C=C(/C(=O)[O-])c3ccncc3)sc3cc(OC)c(OC)cc23)c1. The molecule has 0 spiro atoms. The highest BCUT2D eigenvalue weighted by molar-refractivity contribution is 7.20. The van der Waals surface area contributed by atoms with Crippen LogP contribution in [0.5, 0.6) is 28.7 Å². The molecule has 0 bridgehead atoms. The molecule has 33 heavy (non-hydrogen) atoms. The molecule has 4 rings (SSSR count). The van der Waals surface area contributed by atoms with E-state index < -0.39 is 5.97 Å². The van der Waals surface area contributed by atoms with Crippen molar-refractivity contribution in [2.75, 3.05) is 21.3 Å². The number of carbonyl (C=O) groups excluding carboxylic acids is 1. The molecule has 8 heteroatoms. The van der Waals surface area contributed by atoms with Crippen molar-refractivity contribution < 1.29 is 28.8 Å². The van der Waals surface area contributed by atoms with Gasteiger partial charge in [0.15, 0.2) is 17.2 Å². The van der Waals surface area contributed by atoms with Gasteiger partial charge in [0.2, 0.25) is 0 Å². The lowest BCUT2D eigenvalue weighted by molar-refractivity contribution is -0.295. The van der Waals surface area contributed by atoms with Crippen molar-refractivity contribution in [3.63, 3.8) is 0 Å². The molecule has 0 amide bonds. The fourth-order valence-corrected chi connectivity index (χ4v) is 4.41. The predicted molar refractivity (Wildman–Crippen MR) is 125 cm³/mol. The van der Waals surface area contributed by atoms with Crippen LogP contribution in [-0.2, 0) is 4.79 Å². The average molecular weight is 463 g/mol. The fraction of sp³-hybridized carbons (Fsp3) is 0.120. The van der Waals surface area contributed by atoms with Gasteiger partial charge < -0.3 is 28.8 Å². The van der Waals surface area contributed by atoms with Crippen molar-refractivity contribution in [3.8, 4) is 28.7 Å². The molecule has 0 aliphatic carbocycles. The molecule has 0 radical (unpaired) electrons. The number of hydrogen-bond donors (Lipinski definition) is 0. The maximum atomic E-state index is 12.0. The highest BCUT2D eigenvalue weighted by Crippen LogP contribution is 2.46. The molecule has 2 aromatic heterocycles. The minimum absolute atomic E-state index is 0.0124. The van der Waals surface area contributed by atoms with E-state index in [2.05, 4.69) is 4.98 Å². The molecule has 7 nitrogen and oxygen atoms in total. The van der Waals surface area contributed by atoms with Gasteiger partial charge in [0, 0.05) is 40.2 Å². The Labute approximate surface area is 194 Å². The zero-order valence-electron chi connectivity index (χ0n) is 18.2. The Morgan fingerprint density at radius 2 is 1.64 bits per heavy atom. The molecular formula is C25H20NO6S-. The smallest absolute Gasteiger partial charge is 0.162 e. The number of pyridine rings is 1. The number of aliphatic carboxylic acids is 1. The van der Waals surface area contributed by atoms with Crippen LogP contribution in [0.15, 0.2) is 60.9 Å². The van der Waals surface area contributed by atoms with Gasteiger partial charge >= 0.3 is 0 Å². The number of thiophene rings is 1. The Balaban J connectivity index is 1.93. The van der Waals surface area contributed by atoms with Crippen LogP contribution < -0.4 is 24.1 Å². The Kier molecular flexibility index (Phi) is 6.46. The second-order valence-electron chi connectivity index (χ2n) is 6.86. The topological polar surface area (TPSA) is 89.9 Å². The van der Waals surface area contributed by atoms with Gasteiger partial charge in [-0.1, -0.05) is 6.07 Å². The summed E-state index contributed by atoms with van der Waals surface area (Å²) in [5, 5.41) is 12.7. The zero-order chi connectivity index (χ0) is 23.4. The number of fused-ring (bicyclic) bond motifs is 1. The summed E-state index contributed by atoms with van der Waals surface area (Å²) in [5.74, 6) is 1.44. The van der Waals surface area contributed by atoms with E-state index in [9.17, 15) is 9.90 Å². The van der Waals surface area contributed by atoms with E-state index in [1.165, 1.54) is 23.7 Å². The van der Waals surface area contributed by atoms with Crippen LogP contribution in [0, 0.1) is 0 Å². The van der Waals surface area contributed by atoms with E-state index in [1.807, 2.05) is 24.3 Å². The number of benzene rings is 2. The van der Waals surface area contributed by atoms with Crippen molar-refractivity contribution in [1.82, 2.24) is 4.98 Å². The minimum Gasteiger partial charge on any atom is -0.545 e. The monoisotopic (exact) mass is 462 g/mol. The maximum absolute atomic E-state index is 12.0. The summed E-state index contributed by atoms with van der Waals surface area (Å²) in [4.78, 5) is 16.5. The van der Waals surface area contributed by atoms with Crippen molar-refractivity contribution in [2.45, 2.75) is 0 Å². The van der Waals surface area contributed by atoms with Crippen LogP contribution in [0.25, 0.3) is 21.7 Å². The first-order valence-electron chi connectivity index (χ1n) is 9.88. The standard InChI is InChI=1S/C25H21NO6S/c1-29-16-5-4-6-17(11-16)32-24-19-12-20(30-2)21(31-3)14-22(19)33-23(24)13-18(25(27)28)15-7-9-26-10-8-15/h4-14H,1-3H3,(H,27,28)/p-1/b18-13+. The Morgan fingerprint density at radius 3 is 2.30 bits per heavy atom. The summed E-state index contributed by atoms with van der Waals surface area (Å²) in [6, 6.07) is 14.0. The highest BCUT2D eigenvalue weighted by Gasteiger charge is 2.18. The van der Waals surface area contributed by atoms with E-state index in [0.29, 0.717) is 39.2 Å². The first-order chi connectivity index (χ1) is 16.0. The maximum Gasteiger partial charge on any atom is 0.162 e. The predicted octanol–water partition coefficient (Wildman–Crippen LogP) is 4.40. The van der Waals surface area contributed by atoms with Crippen molar-refractivity contribution in [3.05, 3.63) is 71.4 Å². The molecule has 2 aromatic carbocycles. The molecule has 0 aliphatic rings. The van der Waals surface area contributed by atoms with E-state index >= 15 is 0 Å². The van der Waals surface area contributed by atoms with Gasteiger partial charge in [-0.05, 0) is 42.0 Å². The molecule has 168 valence electrons. The zero-order valence-corrected chi connectivity index (χ0v) is 19.0. The third-order valence-corrected chi connectivity index (χ3v) is 6.00. The van der Waals surface area contributed by atoms with Crippen LogP contribution in [0.4, 0.5) is 0 Å². The number of carboxylic acids is 1. The lowest BCUT2D eigenvalue weighted by Gasteiger charge is -2.11. The van der Waals surface area contributed by atoms with Gasteiger partial charge in [-0.2, -0.15) is 0 Å². The largest absolute Gasteiger partial charge is 0.545 e. The number of aromatic nitrogens is 1. The number of hydrogen-bond acceptors (Lipinski definition) is 8. The molecule has 0 unspecified atom stereocenters. The number of carbonyl (C=O) groups is 1. The normalized spacial score (nSPS) is 11.3. The summed E-state index contributed by atoms with van der Waals surface area (Å²) in [7, 11) is 4.69. The van der Waals surface area contributed by atoms with Crippen LogP contribution in [0.3, 0.4) is 0 Å². The van der Waals surface area contributed by atoms with Gasteiger partial charge in [-0.3, -0.25) is 4.98 Å². The van der Waals surface area contributed by atoms with Gasteiger partial charge in [-0.25, -0.2) is 0 Å². The van der Waals surface area contributed by atoms with Gasteiger partial charge in [-0.15, -0.1) is 11.3 Å². The van der Waals surface area contributed by atoms with Crippen molar-refractivity contribution in [1.29, 1.82) is 0 Å². The van der Waals surface area contributed by atoms with Crippen molar-refractivity contribution in [2.24, 2.45) is 0 Å². The number of carboxylic acid groups (broad SMARTS) is 1. The van der Waals surface area contributed by atoms with Crippen LogP contribution in [0.1, 0.15) is 10.4 Å². The van der Waals surface area contributed by atoms with Gasteiger partial charge in [0.05, 0.1) is 32.2 Å². The molecular weight excluding hydrogens is 442 g/mol. The number of rotatable bonds is 8. The van der Waals surface area contributed by atoms with Crippen LogP contribution in [-0.4, -0.2) is 32.3 Å². The Morgan fingerprint density at radius 1 is 0.939 bits per heavy atom. The Hall–Kier alpha value is -4.04. The molecule has 0 saturated carbocycles. The number of nitrogens with zero attached hydrogens (tertiary/aromatic N) is 1. The molecule has 0 aliphatic heterocycles. The quantitative estimate of drug-likeness (QED) is 0.358. The molecule has 0 atom stereocenters. The van der Waals surface area contributed by atoms with Crippen LogP contribution >= 0.6 is 11.3 Å². The summed E-state index contributed by atoms with van der Waals surface area (Å²) in [6.07, 6.45) is 4.60.